The molecule has 0 radical (unpaired) electrons. The SMILES string of the molecule is CC(=O)N1CCC[C@@H]2[C@H]1CCCN2c1ccc(-c2c(C)cc(C(F)(F)F)cc2O)nn1. The number of hydrogen-bond acceptors (Lipinski definition) is 5. The lowest BCUT2D eigenvalue weighted by Gasteiger charge is -2.49. The van der Waals surface area contributed by atoms with Crippen LogP contribution in [0.25, 0.3) is 11.3 Å². The predicted octanol–water partition coefficient (Wildman–Crippen LogP) is 4.16. The molecule has 2 saturated heterocycles. The second kappa shape index (κ2) is 8.01. The number of carbonyl (C=O) groups is 1. The summed E-state index contributed by atoms with van der Waals surface area (Å²) in [7, 11) is 0. The largest absolute Gasteiger partial charge is 0.507 e. The Morgan fingerprint density at radius 3 is 2.42 bits per heavy atom. The van der Waals surface area contributed by atoms with E-state index in [1.54, 1.807) is 19.1 Å². The summed E-state index contributed by atoms with van der Waals surface area (Å²) in [6.07, 6.45) is -0.731. The lowest BCUT2D eigenvalue weighted by Crippen LogP contribution is -2.59. The van der Waals surface area contributed by atoms with Gasteiger partial charge in [0.1, 0.15) is 5.75 Å². The maximum absolute atomic E-state index is 13.0. The first-order valence-electron chi connectivity index (χ1n) is 10.5. The molecule has 0 aliphatic carbocycles. The Hall–Kier alpha value is -2.84. The number of aromatic nitrogens is 2. The first kappa shape index (κ1) is 21.4. The number of likely N-dealkylation sites (tertiary alicyclic amines) is 1. The van der Waals surface area contributed by atoms with Crippen LogP contribution in [-0.2, 0) is 11.0 Å². The normalized spacial score (nSPS) is 21.7. The molecule has 3 heterocycles. The van der Waals surface area contributed by atoms with Crippen molar-refractivity contribution in [1.82, 2.24) is 15.1 Å². The highest BCUT2D eigenvalue weighted by molar-refractivity contribution is 5.74. The lowest BCUT2D eigenvalue weighted by molar-refractivity contribution is -0.137. The Bertz CT molecular complexity index is 955. The quantitative estimate of drug-likeness (QED) is 0.769. The van der Waals surface area contributed by atoms with Crippen LogP contribution in [0.15, 0.2) is 24.3 Å². The molecule has 166 valence electrons. The zero-order valence-corrected chi connectivity index (χ0v) is 17.5. The summed E-state index contributed by atoms with van der Waals surface area (Å²) in [5, 5.41) is 18.8. The molecular formula is C22H25F3N4O2. The maximum atomic E-state index is 13.0. The van der Waals surface area contributed by atoms with E-state index in [1.807, 2.05) is 4.90 Å². The molecule has 6 nitrogen and oxygen atoms in total. The molecule has 2 aliphatic rings. The van der Waals surface area contributed by atoms with Crippen molar-refractivity contribution >= 4 is 11.7 Å². The van der Waals surface area contributed by atoms with Crippen molar-refractivity contribution in [2.45, 2.75) is 57.8 Å². The third-order valence-corrected chi connectivity index (χ3v) is 6.29. The van der Waals surface area contributed by atoms with Gasteiger partial charge in [-0.1, -0.05) is 0 Å². The van der Waals surface area contributed by atoms with Crippen LogP contribution in [0.4, 0.5) is 19.0 Å². The van der Waals surface area contributed by atoms with Crippen molar-refractivity contribution < 1.29 is 23.1 Å². The van der Waals surface area contributed by atoms with Crippen molar-refractivity contribution in [3.05, 3.63) is 35.4 Å². The number of piperidine rings is 2. The number of hydrogen-bond donors (Lipinski definition) is 1. The lowest BCUT2D eigenvalue weighted by atomic mass is 9.87. The average Bonchev–Trinajstić information content (AvgIpc) is 2.72. The average molecular weight is 434 g/mol. The number of phenols is 1. The Labute approximate surface area is 178 Å². The number of fused-ring (bicyclic) bond motifs is 1. The predicted molar refractivity (Wildman–Crippen MR) is 110 cm³/mol. The van der Waals surface area contributed by atoms with Gasteiger partial charge in [-0.2, -0.15) is 13.2 Å². The maximum Gasteiger partial charge on any atom is 0.416 e. The molecular weight excluding hydrogens is 409 g/mol. The van der Waals surface area contributed by atoms with E-state index < -0.39 is 17.5 Å². The third kappa shape index (κ3) is 4.05. The van der Waals surface area contributed by atoms with Gasteiger partial charge in [0.15, 0.2) is 5.82 Å². The zero-order valence-electron chi connectivity index (χ0n) is 17.5. The van der Waals surface area contributed by atoms with E-state index in [4.69, 9.17) is 0 Å². The minimum absolute atomic E-state index is 0.0891. The fourth-order valence-corrected chi connectivity index (χ4v) is 4.94. The number of nitrogens with zero attached hydrogens (tertiary/aromatic N) is 4. The minimum atomic E-state index is -4.53. The number of aryl methyl sites for hydroxylation is 1. The second-order valence-corrected chi connectivity index (χ2v) is 8.29. The van der Waals surface area contributed by atoms with Crippen molar-refractivity contribution in [2.75, 3.05) is 18.0 Å². The number of rotatable bonds is 2. The van der Waals surface area contributed by atoms with Gasteiger partial charge in [-0.25, -0.2) is 0 Å². The Morgan fingerprint density at radius 2 is 1.81 bits per heavy atom. The van der Waals surface area contributed by atoms with E-state index in [0.29, 0.717) is 17.6 Å². The van der Waals surface area contributed by atoms with Crippen LogP contribution in [-0.4, -0.2) is 51.3 Å². The first-order chi connectivity index (χ1) is 14.7. The van der Waals surface area contributed by atoms with Crippen LogP contribution in [0.2, 0.25) is 0 Å². The highest BCUT2D eigenvalue weighted by Gasteiger charge is 2.39. The van der Waals surface area contributed by atoms with Crippen molar-refractivity contribution in [3.63, 3.8) is 0 Å². The van der Waals surface area contributed by atoms with Crippen LogP contribution in [0.5, 0.6) is 5.75 Å². The molecule has 2 aliphatic heterocycles. The molecule has 2 atom stereocenters. The minimum Gasteiger partial charge on any atom is -0.507 e. The number of carbonyl (C=O) groups excluding carboxylic acids is 1. The summed E-state index contributed by atoms with van der Waals surface area (Å²) in [5.74, 6) is 0.288. The molecule has 0 bridgehead atoms. The van der Waals surface area contributed by atoms with Crippen LogP contribution in [0, 0.1) is 6.92 Å². The topological polar surface area (TPSA) is 69.6 Å². The van der Waals surface area contributed by atoms with E-state index in [0.717, 1.165) is 44.8 Å². The summed E-state index contributed by atoms with van der Waals surface area (Å²) in [5.41, 5.74) is -0.0710. The standard InChI is InChI=1S/C22H25F3N4O2/c1-13-11-15(22(23,24)25)12-19(31)21(13)16-7-8-20(27-26-16)29-10-4-5-17-18(29)6-3-9-28(17)14(2)30/h7-8,11-12,17-18,31H,3-6,9-10H2,1-2H3/t17-,18-/m1/s1. The molecule has 4 rings (SSSR count). The van der Waals surface area contributed by atoms with Gasteiger partial charge in [0.2, 0.25) is 5.91 Å². The second-order valence-electron chi connectivity index (χ2n) is 8.29. The van der Waals surface area contributed by atoms with Crippen LogP contribution < -0.4 is 4.90 Å². The number of aromatic hydroxyl groups is 1. The van der Waals surface area contributed by atoms with E-state index in [9.17, 15) is 23.1 Å². The number of halogens is 3. The Morgan fingerprint density at radius 1 is 1.10 bits per heavy atom. The number of benzene rings is 1. The molecule has 2 aromatic rings. The van der Waals surface area contributed by atoms with E-state index >= 15 is 0 Å². The van der Waals surface area contributed by atoms with Crippen LogP contribution in [0.3, 0.4) is 0 Å². The van der Waals surface area contributed by atoms with Gasteiger partial charge < -0.3 is 14.9 Å². The Kier molecular flexibility index (Phi) is 5.53. The fraction of sp³-hybridized carbons (Fsp3) is 0.500. The number of phenolic OH excluding ortho intramolecular Hbond substituents is 1. The third-order valence-electron chi connectivity index (χ3n) is 6.29. The summed E-state index contributed by atoms with van der Waals surface area (Å²) in [6.45, 7) is 4.70. The summed E-state index contributed by atoms with van der Waals surface area (Å²) >= 11 is 0. The summed E-state index contributed by atoms with van der Waals surface area (Å²) in [4.78, 5) is 16.2. The molecule has 2 fully saturated rings. The van der Waals surface area contributed by atoms with Crippen LogP contribution >= 0.6 is 0 Å². The van der Waals surface area contributed by atoms with Gasteiger partial charge in [-0.3, -0.25) is 4.79 Å². The van der Waals surface area contributed by atoms with Gasteiger partial charge in [-0.15, -0.1) is 10.2 Å². The highest BCUT2D eigenvalue weighted by atomic mass is 19.4. The number of anilines is 1. The number of alkyl halides is 3. The van der Waals surface area contributed by atoms with Gasteiger partial charge in [-0.05, 0) is 62.4 Å². The van der Waals surface area contributed by atoms with Gasteiger partial charge >= 0.3 is 6.18 Å². The van der Waals surface area contributed by atoms with Gasteiger partial charge in [0.05, 0.1) is 23.3 Å². The smallest absolute Gasteiger partial charge is 0.416 e. The van der Waals surface area contributed by atoms with Crippen molar-refractivity contribution in [3.8, 4) is 17.0 Å². The molecule has 1 amide bonds. The molecule has 0 saturated carbocycles. The summed E-state index contributed by atoms with van der Waals surface area (Å²) in [6, 6.07) is 5.50. The molecule has 1 aromatic heterocycles. The number of amides is 1. The highest BCUT2D eigenvalue weighted by Crippen LogP contribution is 2.39. The zero-order chi connectivity index (χ0) is 22.3. The fourth-order valence-electron chi connectivity index (χ4n) is 4.94. The summed E-state index contributed by atoms with van der Waals surface area (Å²) < 4.78 is 39.0. The molecule has 0 spiro atoms. The van der Waals surface area contributed by atoms with Gasteiger partial charge in [0.25, 0.3) is 0 Å². The van der Waals surface area contributed by atoms with Crippen LogP contribution in [0.1, 0.15) is 43.7 Å². The molecule has 31 heavy (non-hydrogen) atoms. The Balaban J connectivity index is 1.61. The van der Waals surface area contributed by atoms with Crippen molar-refractivity contribution in [2.24, 2.45) is 0 Å². The van der Waals surface area contributed by atoms with E-state index in [-0.39, 0.29) is 29.1 Å². The van der Waals surface area contributed by atoms with Crippen molar-refractivity contribution in [1.29, 1.82) is 0 Å². The molecule has 1 N–H and O–H groups in total. The molecule has 9 heteroatoms. The van der Waals surface area contributed by atoms with E-state index in [1.165, 1.54) is 6.92 Å². The first-order valence-corrected chi connectivity index (χ1v) is 10.5. The van der Waals surface area contributed by atoms with E-state index in [2.05, 4.69) is 15.1 Å². The van der Waals surface area contributed by atoms with Gasteiger partial charge in [0, 0.05) is 25.6 Å². The molecule has 1 aromatic carbocycles. The molecule has 0 unspecified atom stereocenters. The monoisotopic (exact) mass is 434 g/mol.